The summed E-state index contributed by atoms with van der Waals surface area (Å²) >= 11 is 0. The highest BCUT2D eigenvalue weighted by molar-refractivity contribution is 5.82. The molecular formula is C19H34N4O2. The summed E-state index contributed by atoms with van der Waals surface area (Å²) in [5.41, 5.74) is 0. The fourth-order valence-corrected chi connectivity index (χ4v) is 4.38. The van der Waals surface area contributed by atoms with Crippen molar-refractivity contribution in [3.05, 3.63) is 0 Å². The molecular weight excluding hydrogens is 316 g/mol. The Balaban J connectivity index is 1.50. The first kappa shape index (κ1) is 18.6. The minimum atomic E-state index is 0.0558. The van der Waals surface area contributed by atoms with E-state index in [9.17, 15) is 9.59 Å². The van der Waals surface area contributed by atoms with Gasteiger partial charge in [0.2, 0.25) is 11.8 Å². The Morgan fingerprint density at radius 1 is 0.760 bits per heavy atom. The molecule has 142 valence electrons. The number of hydrogen-bond acceptors (Lipinski definition) is 4. The molecule has 3 rings (SSSR count). The number of rotatable bonds is 3. The maximum Gasteiger partial charge on any atom is 0.239 e. The van der Waals surface area contributed by atoms with Gasteiger partial charge in [0.25, 0.3) is 0 Å². The second-order valence-electron chi connectivity index (χ2n) is 7.89. The lowest BCUT2D eigenvalue weighted by Crippen LogP contribution is -2.48. The van der Waals surface area contributed by atoms with Crippen molar-refractivity contribution >= 4 is 11.8 Å². The third-order valence-corrected chi connectivity index (χ3v) is 6.02. The van der Waals surface area contributed by atoms with Crippen molar-refractivity contribution in [2.24, 2.45) is 0 Å². The van der Waals surface area contributed by atoms with Gasteiger partial charge in [0.05, 0.1) is 12.6 Å². The Kier molecular flexibility index (Phi) is 6.70. The zero-order valence-electron chi connectivity index (χ0n) is 15.8. The van der Waals surface area contributed by atoms with Gasteiger partial charge >= 0.3 is 0 Å². The van der Waals surface area contributed by atoms with Gasteiger partial charge in [0.15, 0.2) is 0 Å². The van der Waals surface area contributed by atoms with Gasteiger partial charge in [0.1, 0.15) is 0 Å². The van der Waals surface area contributed by atoms with Crippen LogP contribution in [0.1, 0.15) is 44.9 Å². The Labute approximate surface area is 152 Å². The third-order valence-electron chi connectivity index (χ3n) is 6.02. The summed E-state index contributed by atoms with van der Waals surface area (Å²) in [5.74, 6) is 0.567. The molecule has 0 aromatic heterocycles. The maximum atomic E-state index is 13.0. The van der Waals surface area contributed by atoms with E-state index in [2.05, 4.69) is 16.8 Å². The summed E-state index contributed by atoms with van der Waals surface area (Å²) < 4.78 is 0. The first-order valence-electron chi connectivity index (χ1n) is 10.1. The highest BCUT2D eigenvalue weighted by Crippen LogP contribution is 2.18. The van der Waals surface area contributed by atoms with Gasteiger partial charge in [-0.3, -0.25) is 19.4 Å². The molecule has 0 N–H and O–H groups in total. The Morgan fingerprint density at radius 3 is 2.28 bits per heavy atom. The SMILES string of the molecule is CN1CCCCCC1C(=O)N1CCCN(CC(=O)N2CCCC2)CC1. The molecule has 0 aromatic rings. The molecule has 0 aromatic carbocycles. The Bertz CT molecular complexity index is 464. The Hall–Kier alpha value is -1.14. The lowest BCUT2D eigenvalue weighted by atomic mass is 10.1. The molecule has 1 unspecified atom stereocenters. The van der Waals surface area contributed by atoms with E-state index in [1.165, 1.54) is 12.8 Å². The zero-order chi connectivity index (χ0) is 17.6. The van der Waals surface area contributed by atoms with Crippen molar-refractivity contribution in [1.29, 1.82) is 0 Å². The fraction of sp³-hybridized carbons (Fsp3) is 0.895. The predicted octanol–water partition coefficient (Wildman–Crippen LogP) is 1.02. The molecule has 25 heavy (non-hydrogen) atoms. The standard InChI is InChI=1S/C19H34N4O2/c1-20-9-4-2-3-8-17(20)19(25)23-13-7-10-21(14-15-23)16-18(24)22-11-5-6-12-22/h17H,2-16H2,1H3. The normalized spacial score (nSPS) is 27.2. The highest BCUT2D eigenvalue weighted by atomic mass is 16.2. The van der Waals surface area contributed by atoms with Gasteiger partial charge in [-0.1, -0.05) is 12.8 Å². The van der Waals surface area contributed by atoms with E-state index >= 15 is 0 Å². The summed E-state index contributed by atoms with van der Waals surface area (Å²) in [7, 11) is 2.09. The number of hydrogen-bond donors (Lipinski definition) is 0. The highest BCUT2D eigenvalue weighted by Gasteiger charge is 2.30. The van der Waals surface area contributed by atoms with Gasteiger partial charge in [-0.25, -0.2) is 0 Å². The average molecular weight is 351 g/mol. The molecule has 0 bridgehead atoms. The van der Waals surface area contributed by atoms with E-state index in [0.29, 0.717) is 12.5 Å². The van der Waals surface area contributed by atoms with Gasteiger partial charge in [-0.15, -0.1) is 0 Å². The second-order valence-corrected chi connectivity index (χ2v) is 7.89. The molecule has 3 aliphatic heterocycles. The van der Waals surface area contributed by atoms with Crippen LogP contribution in [-0.4, -0.2) is 96.9 Å². The smallest absolute Gasteiger partial charge is 0.239 e. The molecule has 6 heteroatoms. The summed E-state index contributed by atoms with van der Waals surface area (Å²) in [5, 5.41) is 0. The topological polar surface area (TPSA) is 47.1 Å². The molecule has 0 radical (unpaired) electrons. The quantitative estimate of drug-likeness (QED) is 0.762. The average Bonchev–Trinajstić information content (AvgIpc) is 2.94. The van der Waals surface area contributed by atoms with Crippen molar-refractivity contribution in [2.45, 2.75) is 51.0 Å². The van der Waals surface area contributed by atoms with E-state index in [1.54, 1.807) is 0 Å². The molecule has 3 heterocycles. The first-order valence-corrected chi connectivity index (χ1v) is 10.1. The molecule has 0 saturated carbocycles. The second kappa shape index (κ2) is 8.99. The van der Waals surface area contributed by atoms with Crippen LogP contribution < -0.4 is 0 Å². The third kappa shape index (κ3) is 4.94. The van der Waals surface area contributed by atoms with Crippen molar-refractivity contribution in [3.63, 3.8) is 0 Å². The summed E-state index contributed by atoms with van der Waals surface area (Å²) in [6, 6.07) is 0.0558. The van der Waals surface area contributed by atoms with Gasteiger partial charge in [-0.05, 0) is 45.7 Å². The van der Waals surface area contributed by atoms with E-state index in [-0.39, 0.29) is 11.9 Å². The number of nitrogens with zero attached hydrogens (tertiary/aromatic N) is 4. The number of carbonyl (C=O) groups excluding carboxylic acids is 2. The number of likely N-dealkylation sites (N-methyl/N-ethyl adjacent to an activating group) is 1. The largest absolute Gasteiger partial charge is 0.342 e. The zero-order valence-corrected chi connectivity index (χ0v) is 15.8. The fourth-order valence-electron chi connectivity index (χ4n) is 4.38. The number of amides is 2. The van der Waals surface area contributed by atoms with Crippen LogP contribution in [0.4, 0.5) is 0 Å². The Morgan fingerprint density at radius 2 is 1.48 bits per heavy atom. The minimum Gasteiger partial charge on any atom is -0.342 e. The van der Waals surface area contributed by atoms with Crippen LogP contribution in [0.3, 0.4) is 0 Å². The summed E-state index contributed by atoms with van der Waals surface area (Å²) in [6.45, 7) is 6.72. The van der Waals surface area contributed by atoms with Crippen molar-refractivity contribution < 1.29 is 9.59 Å². The lowest BCUT2D eigenvalue weighted by Gasteiger charge is -2.31. The van der Waals surface area contributed by atoms with Crippen LogP contribution in [0.2, 0.25) is 0 Å². The predicted molar refractivity (Wildman–Crippen MR) is 98.3 cm³/mol. The van der Waals surface area contributed by atoms with Crippen LogP contribution in [0.15, 0.2) is 0 Å². The van der Waals surface area contributed by atoms with Crippen molar-refractivity contribution in [3.8, 4) is 0 Å². The van der Waals surface area contributed by atoms with E-state index in [1.807, 2.05) is 9.80 Å². The van der Waals surface area contributed by atoms with Gasteiger partial charge in [0, 0.05) is 39.3 Å². The van der Waals surface area contributed by atoms with Crippen LogP contribution in [-0.2, 0) is 9.59 Å². The summed E-state index contributed by atoms with van der Waals surface area (Å²) in [4.78, 5) is 33.9. The lowest BCUT2D eigenvalue weighted by molar-refractivity contribution is -0.136. The van der Waals surface area contributed by atoms with Crippen LogP contribution in [0, 0.1) is 0 Å². The first-order chi connectivity index (χ1) is 12.1. The minimum absolute atomic E-state index is 0.0558. The molecule has 1 atom stereocenters. The van der Waals surface area contributed by atoms with Crippen molar-refractivity contribution in [1.82, 2.24) is 19.6 Å². The molecule has 6 nitrogen and oxygen atoms in total. The van der Waals surface area contributed by atoms with E-state index < -0.39 is 0 Å². The van der Waals surface area contributed by atoms with E-state index in [4.69, 9.17) is 0 Å². The van der Waals surface area contributed by atoms with Crippen LogP contribution >= 0.6 is 0 Å². The molecule has 0 spiro atoms. The van der Waals surface area contributed by atoms with Crippen LogP contribution in [0.5, 0.6) is 0 Å². The molecule has 0 aliphatic carbocycles. The van der Waals surface area contributed by atoms with Gasteiger partial charge in [-0.2, -0.15) is 0 Å². The number of likely N-dealkylation sites (tertiary alicyclic amines) is 2. The van der Waals surface area contributed by atoms with Gasteiger partial charge < -0.3 is 9.80 Å². The van der Waals surface area contributed by atoms with Crippen molar-refractivity contribution in [2.75, 3.05) is 59.4 Å². The molecule has 2 amide bonds. The number of carbonyl (C=O) groups is 2. The molecule has 3 fully saturated rings. The molecule has 3 saturated heterocycles. The van der Waals surface area contributed by atoms with E-state index in [0.717, 1.165) is 77.9 Å². The monoisotopic (exact) mass is 350 g/mol. The van der Waals surface area contributed by atoms with Crippen LogP contribution in [0.25, 0.3) is 0 Å². The maximum absolute atomic E-state index is 13.0. The molecule has 3 aliphatic rings. The summed E-state index contributed by atoms with van der Waals surface area (Å²) in [6.07, 6.45) is 7.84.